The fraction of sp³-hybridized carbons (Fsp3) is 0.200. The second kappa shape index (κ2) is 6.45. The third-order valence-corrected chi connectivity index (χ3v) is 3.33. The normalized spacial score (nSPS) is 10.2. The summed E-state index contributed by atoms with van der Waals surface area (Å²) < 4.78 is 4.80. The maximum Gasteiger partial charge on any atom is 0.340 e. The average molecular weight is 306 g/mol. The molecule has 6 heteroatoms. The second-order valence-corrected chi connectivity index (χ2v) is 5.01. The Morgan fingerprint density at radius 2 is 2.05 bits per heavy atom. The standard InChI is InChI=1S/C15H16ClN3O2/c1-19(9-10-3-5-18-6-4-10)14-12(15(20)21-2)7-11(17)8-13(14)16/h3-8H,9,17H2,1-2H3. The van der Waals surface area contributed by atoms with Gasteiger partial charge in [-0.1, -0.05) is 11.6 Å². The lowest BCUT2D eigenvalue weighted by Crippen LogP contribution is -2.20. The topological polar surface area (TPSA) is 68.5 Å². The number of carbonyl (C=O) groups excluding carboxylic acids is 1. The van der Waals surface area contributed by atoms with E-state index in [4.69, 9.17) is 22.1 Å². The number of benzene rings is 1. The van der Waals surface area contributed by atoms with E-state index in [-0.39, 0.29) is 0 Å². The number of hydrogen-bond acceptors (Lipinski definition) is 5. The van der Waals surface area contributed by atoms with Crippen LogP contribution in [0.1, 0.15) is 15.9 Å². The zero-order valence-electron chi connectivity index (χ0n) is 11.8. The summed E-state index contributed by atoms with van der Waals surface area (Å²) in [5.74, 6) is -0.472. The van der Waals surface area contributed by atoms with E-state index in [1.165, 1.54) is 7.11 Å². The minimum atomic E-state index is -0.472. The first kappa shape index (κ1) is 15.1. The monoisotopic (exact) mass is 305 g/mol. The Kier molecular flexibility index (Phi) is 4.65. The van der Waals surface area contributed by atoms with E-state index in [0.717, 1.165) is 5.56 Å². The number of esters is 1. The van der Waals surface area contributed by atoms with E-state index in [9.17, 15) is 4.79 Å². The van der Waals surface area contributed by atoms with Gasteiger partial charge >= 0.3 is 5.97 Å². The molecule has 2 aromatic rings. The van der Waals surface area contributed by atoms with Crippen LogP contribution in [0.4, 0.5) is 11.4 Å². The predicted octanol–water partition coefficient (Wildman–Crippen LogP) is 2.74. The summed E-state index contributed by atoms with van der Waals surface area (Å²) in [5.41, 5.74) is 8.16. The number of nitrogen functional groups attached to an aromatic ring is 1. The van der Waals surface area contributed by atoms with E-state index >= 15 is 0 Å². The Balaban J connectivity index is 2.40. The molecule has 0 saturated carbocycles. The van der Waals surface area contributed by atoms with Gasteiger partial charge < -0.3 is 15.4 Å². The largest absolute Gasteiger partial charge is 0.465 e. The van der Waals surface area contributed by atoms with Gasteiger partial charge in [-0.15, -0.1) is 0 Å². The molecular formula is C15H16ClN3O2. The van der Waals surface area contributed by atoms with Crippen molar-refractivity contribution in [1.29, 1.82) is 0 Å². The molecule has 1 heterocycles. The van der Waals surface area contributed by atoms with Gasteiger partial charge in [-0.05, 0) is 29.8 Å². The maximum absolute atomic E-state index is 11.9. The quantitative estimate of drug-likeness (QED) is 0.695. The van der Waals surface area contributed by atoms with E-state index in [1.807, 2.05) is 24.1 Å². The fourth-order valence-corrected chi connectivity index (χ4v) is 2.49. The molecule has 0 aliphatic carbocycles. The summed E-state index contributed by atoms with van der Waals surface area (Å²) in [4.78, 5) is 17.8. The number of aromatic nitrogens is 1. The summed E-state index contributed by atoms with van der Waals surface area (Å²) in [7, 11) is 3.18. The smallest absolute Gasteiger partial charge is 0.340 e. The molecule has 2 rings (SSSR count). The van der Waals surface area contributed by atoms with Crippen LogP contribution in [0, 0.1) is 0 Å². The van der Waals surface area contributed by atoms with Crippen molar-refractivity contribution in [1.82, 2.24) is 4.98 Å². The van der Waals surface area contributed by atoms with Crippen LogP contribution in [0.5, 0.6) is 0 Å². The second-order valence-electron chi connectivity index (χ2n) is 4.60. The first-order valence-corrected chi connectivity index (χ1v) is 6.68. The van der Waals surface area contributed by atoms with Gasteiger partial charge in [0.05, 0.1) is 23.4 Å². The van der Waals surface area contributed by atoms with Crippen LogP contribution in [-0.4, -0.2) is 25.1 Å². The zero-order valence-corrected chi connectivity index (χ0v) is 12.6. The van der Waals surface area contributed by atoms with Crippen molar-refractivity contribution in [2.24, 2.45) is 0 Å². The number of carbonyl (C=O) groups is 1. The third kappa shape index (κ3) is 3.44. The number of halogens is 1. The summed E-state index contributed by atoms with van der Waals surface area (Å²) in [6.07, 6.45) is 3.43. The van der Waals surface area contributed by atoms with Crippen LogP contribution >= 0.6 is 11.6 Å². The van der Waals surface area contributed by atoms with E-state index in [2.05, 4.69) is 4.98 Å². The highest BCUT2D eigenvalue weighted by Gasteiger charge is 2.19. The molecule has 1 aromatic heterocycles. The van der Waals surface area contributed by atoms with Gasteiger partial charge in [0, 0.05) is 31.7 Å². The minimum Gasteiger partial charge on any atom is -0.465 e. The van der Waals surface area contributed by atoms with Gasteiger partial charge in [-0.3, -0.25) is 4.98 Å². The van der Waals surface area contributed by atoms with Crippen LogP contribution in [0.2, 0.25) is 5.02 Å². The molecule has 5 nitrogen and oxygen atoms in total. The highest BCUT2D eigenvalue weighted by molar-refractivity contribution is 6.34. The van der Waals surface area contributed by atoms with E-state index < -0.39 is 5.97 Å². The zero-order chi connectivity index (χ0) is 15.4. The fourth-order valence-electron chi connectivity index (χ4n) is 2.11. The Morgan fingerprint density at radius 1 is 1.38 bits per heavy atom. The molecular weight excluding hydrogens is 290 g/mol. The Bertz CT molecular complexity index is 647. The van der Waals surface area contributed by atoms with Crippen LogP contribution in [0.15, 0.2) is 36.7 Å². The Morgan fingerprint density at radius 3 is 2.67 bits per heavy atom. The summed E-state index contributed by atoms with van der Waals surface area (Å²) in [6, 6.07) is 6.99. The van der Waals surface area contributed by atoms with E-state index in [1.54, 1.807) is 24.5 Å². The molecule has 0 aliphatic heterocycles. The minimum absolute atomic E-state index is 0.346. The molecule has 0 radical (unpaired) electrons. The van der Waals surface area contributed by atoms with Crippen LogP contribution in [-0.2, 0) is 11.3 Å². The van der Waals surface area contributed by atoms with Crippen molar-refractivity contribution in [2.45, 2.75) is 6.54 Å². The highest BCUT2D eigenvalue weighted by atomic mass is 35.5. The van der Waals surface area contributed by atoms with Crippen molar-refractivity contribution in [3.8, 4) is 0 Å². The van der Waals surface area contributed by atoms with Crippen molar-refractivity contribution >= 4 is 28.9 Å². The van der Waals surface area contributed by atoms with Gasteiger partial charge in [-0.25, -0.2) is 4.79 Å². The number of anilines is 2. The first-order chi connectivity index (χ1) is 10.0. The van der Waals surface area contributed by atoms with Crippen molar-refractivity contribution in [3.05, 3.63) is 52.8 Å². The number of nitrogens with two attached hydrogens (primary N) is 1. The molecule has 0 fully saturated rings. The van der Waals surface area contributed by atoms with Gasteiger partial charge in [-0.2, -0.15) is 0 Å². The lowest BCUT2D eigenvalue weighted by atomic mass is 10.1. The summed E-state index contributed by atoms with van der Waals surface area (Å²) >= 11 is 6.26. The highest BCUT2D eigenvalue weighted by Crippen LogP contribution is 2.33. The number of pyridine rings is 1. The third-order valence-electron chi connectivity index (χ3n) is 3.04. The number of methoxy groups -OCH3 is 1. The molecule has 21 heavy (non-hydrogen) atoms. The van der Waals surface area contributed by atoms with Crippen molar-refractivity contribution in [3.63, 3.8) is 0 Å². The van der Waals surface area contributed by atoms with Crippen LogP contribution in [0.25, 0.3) is 0 Å². The predicted molar refractivity (Wildman–Crippen MR) is 83.5 cm³/mol. The Hall–Kier alpha value is -2.27. The lowest BCUT2D eigenvalue weighted by Gasteiger charge is -2.23. The van der Waals surface area contributed by atoms with Crippen molar-refractivity contribution < 1.29 is 9.53 Å². The summed E-state index contributed by atoms with van der Waals surface area (Å²) in [5, 5.41) is 0.409. The van der Waals surface area contributed by atoms with Crippen LogP contribution < -0.4 is 10.6 Å². The SMILES string of the molecule is COC(=O)c1cc(N)cc(Cl)c1N(C)Cc1ccncc1. The lowest BCUT2D eigenvalue weighted by molar-refractivity contribution is 0.0601. The number of nitrogens with zero attached hydrogens (tertiary/aromatic N) is 2. The molecule has 0 bridgehead atoms. The summed E-state index contributed by atoms with van der Waals surface area (Å²) in [6.45, 7) is 0.580. The van der Waals surface area contributed by atoms with Gasteiger partial charge in [0.1, 0.15) is 0 Å². The molecule has 0 spiro atoms. The number of rotatable bonds is 4. The molecule has 0 aliphatic rings. The van der Waals surface area contributed by atoms with Gasteiger partial charge in [0.25, 0.3) is 0 Å². The van der Waals surface area contributed by atoms with Gasteiger partial charge in [0.15, 0.2) is 0 Å². The molecule has 2 N–H and O–H groups in total. The Labute approximate surface area is 128 Å². The molecule has 0 amide bonds. The molecule has 1 aromatic carbocycles. The number of hydrogen-bond donors (Lipinski definition) is 1. The molecule has 0 atom stereocenters. The molecule has 0 unspecified atom stereocenters. The van der Waals surface area contributed by atoms with Gasteiger partial charge in [0.2, 0.25) is 0 Å². The molecule has 0 saturated heterocycles. The van der Waals surface area contributed by atoms with Crippen molar-refractivity contribution in [2.75, 3.05) is 24.8 Å². The number of ether oxygens (including phenoxy) is 1. The average Bonchev–Trinajstić information content (AvgIpc) is 2.46. The molecule has 110 valence electrons. The van der Waals surface area contributed by atoms with E-state index in [0.29, 0.717) is 28.5 Å². The first-order valence-electron chi connectivity index (χ1n) is 6.30. The van der Waals surface area contributed by atoms with Crippen LogP contribution in [0.3, 0.4) is 0 Å². The maximum atomic E-state index is 11.9.